The number of hydrogen-bond acceptors (Lipinski definition) is 4. The minimum absolute atomic E-state index is 0.0518. The average molecular weight is 726 g/mol. The number of alkyl halides is 3. The number of anilines is 1. The molecule has 0 heterocycles. The third kappa shape index (κ3) is 9.25. The Morgan fingerprint density at radius 2 is 1.50 bits per heavy atom. The summed E-state index contributed by atoms with van der Waals surface area (Å²) in [5.74, 6) is -1.15. The van der Waals surface area contributed by atoms with Gasteiger partial charge in [-0.05, 0) is 61.2 Å². The molecule has 1 fully saturated rings. The number of hydrogen-bond donors (Lipinski definition) is 1. The molecule has 2 amide bonds. The molecular formula is C38H39ClF3N3O4S. The van der Waals surface area contributed by atoms with Gasteiger partial charge in [0.25, 0.3) is 10.0 Å². The Balaban J connectivity index is 1.60. The maximum absolute atomic E-state index is 14.7. The zero-order chi connectivity index (χ0) is 35.9. The van der Waals surface area contributed by atoms with Crippen molar-refractivity contribution in [3.05, 3.63) is 130 Å². The lowest BCUT2D eigenvalue weighted by Crippen LogP contribution is -2.55. The Labute approximate surface area is 296 Å². The van der Waals surface area contributed by atoms with E-state index < -0.39 is 51.0 Å². The number of carbonyl (C=O) groups excluding carboxylic acids is 2. The van der Waals surface area contributed by atoms with Gasteiger partial charge in [0.15, 0.2) is 0 Å². The van der Waals surface area contributed by atoms with E-state index in [4.69, 9.17) is 11.6 Å². The largest absolute Gasteiger partial charge is 0.417 e. The van der Waals surface area contributed by atoms with E-state index in [2.05, 4.69) is 5.32 Å². The number of nitrogens with one attached hydrogen (secondary N) is 1. The first kappa shape index (κ1) is 36.9. The fourth-order valence-electron chi connectivity index (χ4n) is 6.24. The number of halogens is 4. The first-order chi connectivity index (χ1) is 23.8. The molecule has 1 atom stereocenters. The van der Waals surface area contributed by atoms with Gasteiger partial charge in [0, 0.05) is 19.0 Å². The number of nitrogens with zero attached hydrogens (tertiary/aromatic N) is 2. The van der Waals surface area contributed by atoms with Gasteiger partial charge in [0.05, 0.1) is 21.2 Å². The van der Waals surface area contributed by atoms with Crippen molar-refractivity contribution >= 4 is 39.1 Å². The lowest BCUT2D eigenvalue weighted by atomic mass is 9.94. The summed E-state index contributed by atoms with van der Waals surface area (Å²) in [5, 5.41) is 2.52. The molecule has 0 saturated heterocycles. The summed E-state index contributed by atoms with van der Waals surface area (Å²) in [6.45, 7) is 0.952. The standard InChI is InChI=1S/C38H39ClF3N3O4S/c1-27-12-11-15-29(22-27)25-44(35(23-28-13-5-2-6-14-28)37(47)43-30-16-7-3-8-17-30)36(46)26-45(50(48,49)32-18-9-4-10-19-32)31-20-21-34(39)33(24-31)38(40,41)42/h2,4-6,9-15,18-22,24,30,35H,3,7-8,16-17,23,25-26H2,1H3,(H,43,47). The fraction of sp³-hybridized carbons (Fsp3) is 0.316. The third-order valence-corrected chi connectivity index (χ3v) is 10.9. The van der Waals surface area contributed by atoms with Crippen LogP contribution < -0.4 is 9.62 Å². The Morgan fingerprint density at radius 1 is 0.860 bits per heavy atom. The fourth-order valence-corrected chi connectivity index (χ4v) is 7.89. The van der Waals surface area contributed by atoms with Crippen molar-refractivity contribution in [2.45, 2.75) is 75.1 Å². The molecule has 50 heavy (non-hydrogen) atoms. The number of rotatable bonds is 12. The predicted molar refractivity (Wildman–Crippen MR) is 188 cm³/mol. The Kier molecular flexibility index (Phi) is 11.9. The van der Waals surface area contributed by atoms with Crippen LogP contribution in [0.3, 0.4) is 0 Å². The van der Waals surface area contributed by atoms with Crippen molar-refractivity contribution in [1.82, 2.24) is 10.2 Å². The summed E-state index contributed by atoms with van der Waals surface area (Å²) in [7, 11) is -4.59. The molecule has 1 unspecified atom stereocenters. The minimum atomic E-state index is -4.89. The van der Waals surface area contributed by atoms with Gasteiger partial charge < -0.3 is 10.2 Å². The number of sulfonamides is 1. The van der Waals surface area contributed by atoms with Gasteiger partial charge in [-0.1, -0.05) is 109 Å². The molecule has 4 aromatic rings. The van der Waals surface area contributed by atoms with Gasteiger partial charge in [-0.15, -0.1) is 0 Å². The van der Waals surface area contributed by atoms with E-state index in [0.717, 1.165) is 55.4 Å². The molecule has 7 nitrogen and oxygen atoms in total. The smallest absolute Gasteiger partial charge is 0.352 e. The molecule has 4 aromatic carbocycles. The quantitative estimate of drug-likeness (QED) is 0.161. The first-order valence-electron chi connectivity index (χ1n) is 16.5. The van der Waals surface area contributed by atoms with Gasteiger partial charge in [0.2, 0.25) is 11.8 Å². The van der Waals surface area contributed by atoms with Crippen molar-refractivity contribution in [3.63, 3.8) is 0 Å². The molecule has 0 radical (unpaired) electrons. The highest BCUT2D eigenvalue weighted by Gasteiger charge is 2.38. The topological polar surface area (TPSA) is 86.8 Å². The van der Waals surface area contributed by atoms with E-state index in [1.54, 1.807) is 12.1 Å². The highest BCUT2D eigenvalue weighted by Crippen LogP contribution is 2.38. The highest BCUT2D eigenvalue weighted by atomic mass is 35.5. The first-order valence-corrected chi connectivity index (χ1v) is 18.3. The summed E-state index contributed by atoms with van der Waals surface area (Å²) in [4.78, 5) is 30.0. The van der Waals surface area contributed by atoms with Crippen LogP contribution in [0.1, 0.15) is 54.4 Å². The molecule has 1 N–H and O–H groups in total. The van der Waals surface area contributed by atoms with Crippen LogP contribution in [0.4, 0.5) is 18.9 Å². The predicted octanol–water partition coefficient (Wildman–Crippen LogP) is 7.95. The summed E-state index contributed by atoms with van der Waals surface area (Å²) in [6.07, 6.45) is -0.158. The molecule has 1 saturated carbocycles. The maximum Gasteiger partial charge on any atom is 0.417 e. The van der Waals surface area contributed by atoms with Gasteiger partial charge >= 0.3 is 6.18 Å². The monoisotopic (exact) mass is 725 g/mol. The van der Waals surface area contributed by atoms with Gasteiger partial charge in [-0.3, -0.25) is 13.9 Å². The van der Waals surface area contributed by atoms with Crippen molar-refractivity contribution < 1.29 is 31.2 Å². The normalized spacial score (nSPS) is 14.5. The van der Waals surface area contributed by atoms with Crippen molar-refractivity contribution in [2.24, 2.45) is 0 Å². The van der Waals surface area contributed by atoms with Gasteiger partial charge in [0.1, 0.15) is 12.6 Å². The molecule has 0 spiro atoms. The minimum Gasteiger partial charge on any atom is -0.352 e. The van der Waals surface area contributed by atoms with E-state index in [9.17, 15) is 31.2 Å². The molecule has 12 heteroatoms. The van der Waals surface area contributed by atoms with Crippen LogP contribution in [0.2, 0.25) is 5.02 Å². The van der Waals surface area contributed by atoms with Gasteiger partial charge in [-0.25, -0.2) is 8.42 Å². The van der Waals surface area contributed by atoms with Crippen LogP contribution in [0.15, 0.2) is 108 Å². The van der Waals surface area contributed by atoms with Crippen molar-refractivity contribution in [3.8, 4) is 0 Å². The molecule has 0 aliphatic heterocycles. The molecular weight excluding hydrogens is 687 g/mol. The average Bonchev–Trinajstić information content (AvgIpc) is 3.09. The lowest BCUT2D eigenvalue weighted by molar-refractivity contribution is -0.140. The Bertz CT molecular complexity index is 1890. The molecule has 1 aliphatic rings. The van der Waals surface area contributed by atoms with E-state index in [0.29, 0.717) is 15.9 Å². The molecule has 264 valence electrons. The Morgan fingerprint density at radius 3 is 2.14 bits per heavy atom. The van der Waals surface area contributed by atoms with Crippen LogP contribution in [0.25, 0.3) is 0 Å². The van der Waals surface area contributed by atoms with E-state index in [-0.39, 0.29) is 29.8 Å². The van der Waals surface area contributed by atoms with Crippen molar-refractivity contribution in [2.75, 3.05) is 10.8 Å². The van der Waals surface area contributed by atoms with E-state index in [1.807, 2.05) is 55.5 Å². The van der Waals surface area contributed by atoms with Crippen LogP contribution in [-0.2, 0) is 38.8 Å². The molecule has 0 aromatic heterocycles. The second-order valence-electron chi connectivity index (χ2n) is 12.5. The number of carbonyl (C=O) groups is 2. The number of amides is 2. The van der Waals surface area contributed by atoms with Gasteiger partial charge in [-0.2, -0.15) is 13.2 Å². The molecule has 5 rings (SSSR count). The number of aryl methyl sites for hydroxylation is 1. The molecule has 1 aliphatic carbocycles. The Hall–Kier alpha value is -4.35. The zero-order valence-electron chi connectivity index (χ0n) is 27.6. The zero-order valence-corrected chi connectivity index (χ0v) is 29.1. The maximum atomic E-state index is 14.7. The summed E-state index contributed by atoms with van der Waals surface area (Å²) in [5.41, 5.74) is 0.739. The highest BCUT2D eigenvalue weighted by molar-refractivity contribution is 7.92. The second kappa shape index (κ2) is 16.1. The summed E-state index contributed by atoms with van der Waals surface area (Å²) < 4.78 is 71.0. The SMILES string of the molecule is Cc1cccc(CN(C(=O)CN(c2ccc(Cl)c(C(F)(F)F)c2)S(=O)(=O)c2ccccc2)C(Cc2ccccc2)C(=O)NC2CCCCC2)c1. The number of benzene rings is 4. The lowest BCUT2D eigenvalue weighted by Gasteiger charge is -2.35. The van der Waals surface area contributed by atoms with Crippen LogP contribution in [-0.4, -0.2) is 43.8 Å². The van der Waals surface area contributed by atoms with Crippen molar-refractivity contribution in [1.29, 1.82) is 0 Å². The summed E-state index contributed by atoms with van der Waals surface area (Å²) >= 11 is 5.90. The van der Waals surface area contributed by atoms with Crippen LogP contribution in [0, 0.1) is 6.92 Å². The molecule has 0 bridgehead atoms. The van der Waals surface area contributed by atoms with Crippen LogP contribution >= 0.6 is 11.6 Å². The van der Waals surface area contributed by atoms with E-state index in [1.165, 1.54) is 29.2 Å². The van der Waals surface area contributed by atoms with E-state index >= 15 is 0 Å². The third-order valence-electron chi connectivity index (χ3n) is 8.81. The summed E-state index contributed by atoms with van der Waals surface area (Å²) in [6, 6.07) is 25.3. The second-order valence-corrected chi connectivity index (χ2v) is 14.8. The van der Waals surface area contributed by atoms with Crippen LogP contribution in [0.5, 0.6) is 0 Å².